The molecule has 2 heterocycles. The average molecular weight is 263 g/mol. The molecule has 0 amide bonds. The van der Waals surface area contributed by atoms with Crippen LogP contribution in [0.1, 0.15) is 44.5 Å². The van der Waals surface area contributed by atoms with E-state index in [-0.39, 0.29) is 0 Å². The van der Waals surface area contributed by atoms with Gasteiger partial charge in [-0.15, -0.1) is 0 Å². The molecule has 1 aromatic heterocycles. The van der Waals surface area contributed by atoms with Crippen LogP contribution in [0.15, 0.2) is 12.1 Å². The fraction of sp³-hybridized carbons (Fsp3) is 0.750. The number of aromatic nitrogens is 1. The summed E-state index contributed by atoms with van der Waals surface area (Å²) in [5.74, 6) is 0.765. The minimum atomic E-state index is 0.532. The number of aryl methyl sites for hydroxylation is 2. The van der Waals surface area contributed by atoms with Gasteiger partial charge < -0.3 is 10.3 Å². The molecule has 0 spiro atoms. The second-order valence-corrected chi connectivity index (χ2v) is 6.07. The van der Waals surface area contributed by atoms with Crippen LogP contribution in [0, 0.1) is 19.8 Å². The summed E-state index contributed by atoms with van der Waals surface area (Å²) in [5.41, 5.74) is 6.27. The van der Waals surface area contributed by atoms with Crippen LogP contribution in [-0.4, -0.2) is 35.3 Å². The lowest BCUT2D eigenvalue weighted by Crippen LogP contribution is -2.44. The largest absolute Gasteiger partial charge is 0.323 e. The monoisotopic (exact) mass is 263 g/mol. The Bertz CT molecular complexity index is 375. The summed E-state index contributed by atoms with van der Waals surface area (Å²) in [6, 6.07) is 4.89. The lowest BCUT2D eigenvalue weighted by molar-refractivity contribution is 0.162. The molecule has 1 aliphatic rings. The van der Waals surface area contributed by atoms with Crippen LogP contribution in [-0.2, 0) is 0 Å². The summed E-state index contributed by atoms with van der Waals surface area (Å²) >= 11 is 0. The minimum Gasteiger partial charge on any atom is -0.323 e. The summed E-state index contributed by atoms with van der Waals surface area (Å²) in [6.07, 6.45) is 3.97. The van der Waals surface area contributed by atoms with Crippen molar-refractivity contribution in [3.8, 4) is 0 Å². The predicted molar refractivity (Wildman–Crippen MR) is 82.2 cm³/mol. The van der Waals surface area contributed by atoms with E-state index >= 15 is 0 Å². The van der Waals surface area contributed by atoms with Crippen molar-refractivity contribution in [2.75, 3.05) is 25.1 Å². The molecule has 2 atom stereocenters. The van der Waals surface area contributed by atoms with Crippen molar-refractivity contribution in [1.29, 1.82) is 0 Å². The van der Waals surface area contributed by atoms with Gasteiger partial charge in [0.25, 0.3) is 0 Å². The van der Waals surface area contributed by atoms with Gasteiger partial charge in [0, 0.05) is 24.0 Å². The van der Waals surface area contributed by atoms with Crippen LogP contribution in [0.2, 0.25) is 0 Å². The number of nitrogens with one attached hydrogen (secondary N) is 1. The Balaban J connectivity index is 1.94. The topological polar surface area (TPSA) is 20.2 Å². The summed E-state index contributed by atoms with van der Waals surface area (Å²) in [6.45, 7) is 12.7. The second-order valence-electron chi connectivity index (χ2n) is 6.07. The highest BCUT2D eigenvalue weighted by molar-refractivity contribution is 5.16. The third-order valence-corrected chi connectivity index (χ3v) is 4.39. The van der Waals surface area contributed by atoms with Crippen molar-refractivity contribution < 1.29 is 0 Å². The lowest BCUT2D eigenvalue weighted by atomic mass is 9.92. The molecule has 1 saturated heterocycles. The molecule has 1 N–H and O–H groups in total. The van der Waals surface area contributed by atoms with Crippen molar-refractivity contribution in [1.82, 2.24) is 9.58 Å². The predicted octanol–water partition coefficient (Wildman–Crippen LogP) is 3.16. The molecule has 1 aromatic rings. The molecule has 19 heavy (non-hydrogen) atoms. The van der Waals surface area contributed by atoms with E-state index in [2.05, 4.69) is 54.8 Å². The van der Waals surface area contributed by atoms with Gasteiger partial charge in [-0.3, -0.25) is 4.68 Å². The van der Waals surface area contributed by atoms with Crippen molar-refractivity contribution in [3.63, 3.8) is 0 Å². The first-order valence-corrected chi connectivity index (χ1v) is 7.75. The molecular formula is C16H29N3. The number of rotatable bonds is 5. The number of piperidine rings is 1. The van der Waals surface area contributed by atoms with E-state index in [1.54, 1.807) is 0 Å². The molecule has 1 aliphatic heterocycles. The summed E-state index contributed by atoms with van der Waals surface area (Å²) in [4.78, 5) is 2.63. The highest BCUT2D eigenvalue weighted by Gasteiger charge is 2.24. The molecule has 0 saturated carbocycles. The average Bonchev–Trinajstić information content (AvgIpc) is 2.71. The Morgan fingerprint density at radius 3 is 2.63 bits per heavy atom. The first-order valence-electron chi connectivity index (χ1n) is 7.75. The number of hydrogen-bond donors (Lipinski definition) is 1. The zero-order valence-corrected chi connectivity index (χ0v) is 12.9. The van der Waals surface area contributed by atoms with Crippen molar-refractivity contribution in [3.05, 3.63) is 23.5 Å². The van der Waals surface area contributed by atoms with Crippen LogP contribution in [0.25, 0.3) is 0 Å². The summed E-state index contributed by atoms with van der Waals surface area (Å²) in [5, 5.41) is 0. The zero-order chi connectivity index (χ0) is 13.8. The fourth-order valence-corrected chi connectivity index (χ4v) is 3.20. The van der Waals surface area contributed by atoms with Gasteiger partial charge in [0.05, 0.1) is 0 Å². The Morgan fingerprint density at radius 1 is 1.32 bits per heavy atom. The van der Waals surface area contributed by atoms with Gasteiger partial charge >= 0.3 is 0 Å². The highest BCUT2D eigenvalue weighted by atomic mass is 15.4. The van der Waals surface area contributed by atoms with Gasteiger partial charge in [0.2, 0.25) is 0 Å². The maximum atomic E-state index is 3.68. The standard InChI is InChI=1S/C16H29N3/c1-5-10-18-11-6-7-16(12-18)15(4)17-19-13(2)8-9-14(19)3/h8-9,15-17H,5-7,10-12H2,1-4H3. The van der Waals surface area contributed by atoms with E-state index in [1.807, 2.05) is 0 Å². The lowest BCUT2D eigenvalue weighted by Gasteiger charge is -2.36. The van der Waals surface area contributed by atoms with E-state index in [0.29, 0.717) is 6.04 Å². The smallest absolute Gasteiger partial charge is 0.0436 e. The molecule has 3 nitrogen and oxygen atoms in total. The second kappa shape index (κ2) is 6.47. The van der Waals surface area contributed by atoms with E-state index in [1.165, 1.54) is 50.3 Å². The SMILES string of the molecule is CCCN1CCCC(C(C)Nn2c(C)ccc2C)C1. The molecular weight excluding hydrogens is 234 g/mol. The van der Waals surface area contributed by atoms with E-state index in [4.69, 9.17) is 0 Å². The third kappa shape index (κ3) is 3.53. The third-order valence-electron chi connectivity index (χ3n) is 4.39. The number of likely N-dealkylation sites (tertiary alicyclic amines) is 1. The zero-order valence-electron chi connectivity index (χ0n) is 12.9. The van der Waals surface area contributed by atoms with Gasteiger partial charge in [-0.25, -0.2) is 0 Å². The Labute approximate surface area is 118 Å². The number of hydrogen-bond acceptors (Lipinski definition) is 2. The molecule has 2 unspecified atom stereocenters. The van der Waals surface area contributed by atoms with Crippen LogP contribution in [0.4, 0.5) is 0 Å². The van der Waals surface area contributed by atoms with E-state index in [0.717, 1.165) is 5.92 Å². The van der Waals surface area contributed by atoms with Crippen molar-refractivity contribution in [2.24, 2.45) is 5.92 Å². The Kier molecular flexibility index (Phi) is 4.92. The molecule has 108 valence electrons. The van der Waals surface area contributed by atoms with E-state index < -0.39 is 0 Å². The van der Waals surface area contributed by atoms with Gasteiger partial charge in [-0.2, -0.15) is 0 Å². The van der Waals surface area contributed by atoms with Gasteiger partial charge in [0.1, 0.15) is 0 Å². The molecule has 1 fully saturated rings. The maximum absolute atomic E-state index is 3.68. The molecule has 3 heteroatoms. The molecule has 0 bridgehead atoms. The normalized spacial score (nSPS) is 22.4. The molecule has 0 aliphatic carbocycles. The van der Waals surface area contributed by atoms with Crippen molar-refractivity contribution >= 4 is 0 Å². The van der Waals surface area contributed by atoms with Gasteiger partial charge in [0.15, 0.2) is 0 Å². The fourth-order valence-electron chi connectivity index (χ4n) is 3.20. The number of nitrogens with zero attached hydrogens (tertiary/aromatic N) is 2. The van der Waals surface area contributed by atoms with Gasteiger partial charge in [-0.1, -0.05) is 6.92 Å². The molecule has 0 aromatic carbocycles. The van der Waals surface area contributed by atoms with Crippen LogP contribution >= 0.6 is 0 Å². The van der Waals surface area contributed by atoms with Crippen molar-refractivity contribution in [2.45, 2.75) is 53.0 Å². The quantitative estimate of drug-likeness (QED) is 0.880. The Hall–Kier alpha value is -0.960. The highest BCUT2D eigenvalue weighted by Crippen LogP contribution is 2.21. The molecule has 2 rings (SSSR count). The summed E-state index contributed by atoms with van der Waals surface area (Å²) in [7, 11) is 0. The van der Waals surface area contributed by atoms with Gasteiger partial charge in [-0.05, 0) is 71.2 Å². The first kappa shape index (κ1) is 14.4. The van der Waals surface area contributed by atoms with Crippen LogP contribution in [0.5, 0.6) is 0 Å². The first-order chi connectivity index (χ1) is 9.11. The van der Waals surface area contributed by atoms with Crippen LogP contribution < -0.4 is 5.43 Å². The maximum Gasteiger partial charge on any atom is 0.0436 e. The molecule has 0 radical (unpaired) electrons. The van der Waals surface area contributed by atoms with E-state index in [9.17, 15) is 0 Å². The minimum absolute atomic E-state index is 0.532. The van der Waals surface area contributed by atoms with Crippen LogP contribution in [0.3, 0.4) is 0 Å². The Morgan fingerprint density at radius 2 is 2.00 bits per heavy atom. The summed E-state index contributed by atoms with van der Waals surface area (Å²) < 4.78 is 2.24.